The van der Waals surface area contributed by atoms with Crippen LogP contribution in [0.5, 0.6) is 0 Å². The van der Waals surface area contributed by atoms with Crippen LogP contribution in [0.15, 0.2) is 11.2 Å². The molecule has 0 radical (unpaired) electrons. The summed E-state index contributed by atoms with van der Waals surface area (Å²) in [6.45, 7) is -1.05. The van der Waals surface area contributed by atoms with E-state index in [1.807, 2.05) is 0 Å². The summed E-state index contributed by atoms with van der Waals surface area (Å²) in [5.41, 5.74) is 0. The number of hydrogen-bond acceptors (Lipinski definition) is 4. The zero-order valence-electron chi connectivity index (χ0n) is 8.37. The largest absolute Gasteiger partial charge is 0.390 e. The molecule has 6 nitrogen and oxygen atoms in total. The van der Waals surface area contributed by atoms with Gasteiger partial charge in [0.05, 0.1) is 12.7 Å². The zero-order chi connectivity index (χ0) is 12.4. The highest BCUT2D eigenvalue weighted by Crippen LogP contribution is 2.12. The molecule has 0 fully saturated rings. The molecule has 16 heavy (non-hydrogen) atoms. The van der Waals surface area contributed by atoms with E-state index in [4.69, 9.17) is 5.11 Å². The van der Waals surface area contributed by atoms with E-state index in [2.05, 4.69) is 9.97 Å². The average molecular weight is 255 g/mol. The number of aliphatic hydroxyl groups excluding tert-OH is 1. The highest BCUT2D eigenvalue weighted by molar-refractivity contribution is 7.89. The lowest BCUT2D eigenvalue weighted by molar-refractivity contribution is -0.0437. The third kappa shape index (κ3) is 3.22. The Bertz CT molecular complexity index is 457. The van der Waals surface area contributed by atoms with Crippen LogP contribution in [0.2, 0.25) is 0 Å². The van der Waals surface area contributed by atoms with Crippen molar-refractivity contribution in [1.82, 2.24) is 14.7 Å². The smallest absolute Gasteiger partial charge is 0.283 e. The van der Waals surface area contributed by atoms with E-state index >= 15 is 0 Å². The number of aromatic amines is 1. The fraction of sp³-hybridized carbons (Fsp3) is 0.571. The molecule has 0 aliphatic heterocycles. The number of nitrogens with zero attached hydrogens (tertiary/aromatic N) is 1. The molecular formula is C7H11F2N3O3S. The summed E-state index contributed by atoms with van der Waals surface area (Å²) in [6.07, 6.45) is 1.02. The second kappa shape index (κ2) is 4.44. The first kappa shape index (κ1) is 13.0. The molecule has 0 spiro atoms. The van der Waals surface area contributed by atoms with E-state index in [1.54, 1.807) is 4.72 Å². The van der Waals surface area contributed by atoms with Gasteiger partial charge in [0.1, 0.15) is 12.4 Å². The Balaban J connectivity index is 2.74. The lowest BCUT2D eigenvalue weighted by Gasteiger charge is -2.13. The van der Waals surface area contributed by atoms with Crippen LogP contribution in [-0.2, 0) is 10.0 Å². The van der Waals surface area contributed by atoms with Crippen molar-refractivity contribution in [1.29, 1.82) is 0 Å². The van der Waals surface area contributed by atoms with Crippen molar-refractivity contribution in [2.45, 2.75) is 17.9 Å². The van der Waals surface area contributed by atoms with Gasteiger partial charge in [0.2, 0.25) is 0 Å². The van der Waals surface area contributed by atoms with E-state index < -0.39 is 29.1 Å². The quantitative estimate of drug-likeness (QED) is 0.668. The maximum atomic E-state index is 12.6. The molecule has 3 N–H and O–H groups in total. The van der Waals surface area contributed by atoms with Gasteiger partial charge in [-0.3, -0.25) is 0 Å². The summed E-state index contributed by atoms with van der Waals surface area (Å²) < 4.78 is 49.7. The number of halogens is 2. The molecule has 0 saturated heterocycles. The number of aromatic nitrogens is 2. The minimum Gasteiger partial charge on any atom is -0.390 e. The third-order valence-corrected chi connectivity index (χ3v) is 3.03. The van der Waals surface area contributed by atoms with Gasteiger partial charge in [-0.15, -0.1) is 0 Å². The minimum absolute atomic E-state index is 0.293. The third-order valence-electron chi connectivity index (χ3n) is 1.72. The molecule has 0 unspecified atom stereocenters. The number of sulfonamides is 1. The number of rotatable bonds is 5. The topological polar surface area (TPSA) is 95.1 Å². The fourth-order valence-corrected chi connectivity index (χ4v) is 1.90. The maximum absolute atomic E-state index is 12.6. The van der Waals surface area contributed by atoms with Gasteiger partial charge in [-0.2, -0.15) is 0 Å². The van der Waals surface area contributed by atoms with E-state index in [1.165, 1.54) is 6.92 Å². The molecular weight excluding hydrogens is 244 g/mol. The Hall–Kier alpha value is -1.06. The molecule has 1 aromatic heterocycles. The molecule has 0 bridgehead atoms. The first-order valence-corrected chi connectivity index (χ1v) is 5.75. The standard InChI is InChI=1S/C7H11F2N3O3S/c1-5-10-2-6(12-5)16(14,15)11-3-7(8,9)4-13/h2,11,13H,3-4H2,1H3,(H,10,12). The summed E-state index contributed by atoms with van der Waals surface area (Å²) in [6, 6.07) is 0. The molecule has 1 rings (SSSR count). The lowest BCUT2D eigenvalue weighted by atomic mass is 10.4. The SMILES string of the molecule is Cc1ncc(S(=O)(=O)NCC(F)(F)CO)[nH]1. The maximum Gasteiger partial charge on any atom is 0.283 e. The zero-order valence-corrected chi connectivity index (χ0v) is 9.18. The van der Waals surface area contributed by atoms with Gasteiger partial charge in [-0.05, 0) is 6.92 Å². The summed E-state index contributed by atoms with van der Waals surface area (Å²) >= 11 is 0. The van der Waals surface area contributed by atoms with Gasteiger partial charge in [0, 0.05) is 0 Å². The van der Waals surface area contributed by atoms with Crippen molar-refractivity contribution in [3.8, 4) is 0 Å². The van der Waals surface area contributed by atoms with Crippen LogP contribution in [-0.4, -0.2) is 42.6 Å². The van der Waals surface area contributed by atoms with Crippen LogP contribution in [0.3, 0.4) is 0 Å². The number of nitrogens with one attached hydrogen (secondary N) is 2. The number of hydrogen-bond donors (Lipinski definition) is 3. The van der Waals surface area contributed by atoms with Crippen molar-refractivity contribution in [2.75, 3.05) is 13.2 Å². The number of aryl methyl sites for hydroxylation is 1. The molecule has 0 aliphatic rings. The van der Waals surface area contributed by atoms with Crippen LogP contribution in [0.4, 0.5) is 8.78 Å². The molecule has 1 aromatic rings. The number of aliphatic hydroxyl groups is 1. The summed E-state index contributed by atoms with van der Waals surface area (Å²) in [7, 11) is -4.04. The molecule has 0 amide bonds. The Morgan fingerprint density at radius 2 is 2.25 bits per heavy atom. The van der Waals surface area contributed by atoms with Crippen molar-refractivity contribution in [3.63, 3.8) is 0 Å². The van der Waals surface area contributed by atoms with E-state index in [0.717, 1.165) is 6.20 Å². The predicted octanol–water partition coefficient (Wildman–Crippen LogP) is -0.376. The Labute approximate surface area is 90.8 Å². The molecule has 0 aromatic carbocycles. The van der Waals surface area contributed by atoms with Crippen molar-refractivity contribution >= 4 is 10.0 Å². The summed E-state index contributed by atoms with van der Waals surface area (Å²) in [5.74, 6) is -3.13. The highest BCUT2D eigenvalue weighted by atomic mass is 32.2. The summed E-state index contributed by atoms with van der Waals surface area (Å²) in [5, 5.41) is 7.97. The van der Waals surface area contributed by atoms with Gasteiger partial charge in [0.25, 0.3) is 15.9 Å². The monoisotopic (exact) mass is 255 g/mol. The number of H-pyrrole nitrogens is 1. The average Bonchev–Trinajstić information content (AvgIpc) is 2.63. The fourth-order valence-electron chi connectivity index (χ4n) is 0.869. The van der Waals surface area contributed by atoms with Crippen molar-refractivity contribution < 1.29 is 22.3 Å². The number of alkyl halides is 2. The van der Waals surface area contributed by atoms with Gasteiger partial charge < -0.3 is 10.1 Å². The Morgan fingerprint density at radius 1 is 1.62 bits per heavy atom. The number of imidazole rings is 1. The summed E-state index contributed by atoms with van der Waals surface area (Å²) in [4.78, 5) is 6.04. The van der Waals surface area contributed by atoms with Gasteiger partial charge >= 0.3 is 0 Å². The first-order chi connectivity index (χ1) is 7.27. The van der Waals surface area contributed by atoms with Gasteiger partial charge in [-0.1, -0.05) is 0 Å². The Morgan fingerprint density at radius 3 is 2.69 bits per heavy atom. The molecule has 9 heteroatoms. The second-order valence-corrected chi connectivity index (χ2v) is 4.91. The molecule has 92 valence electrons. The van der Waals surface area contributed by atoms with E-state index in [9.17, 15) is 17.2 Å². The highest BCUT2D eigenvalue weighted by Gasteiger charge is 2.30. The molecule has 0 saturated carbocycles. The van der Waals surface area contributed by atoms with Crippen LogP contribution in [0, 0.1) is 6.92 Å². The van der Waals surface area contributed by atoms with Crippen LogP contribution < -0.4 is 4.72 Å². The lowest BCUT2D eigenvalue weighted by Crippen LogP contribution is -2.39. The molecule has 1 heterocycles. The van der Waals surface area contributed by atoms with Gasteiger partial charge in [-0.25, -0.2) is 26.9 Å². The second-order valence-electron chi connectivity index (χ2n) is 3.17. The van der Waals surface area contributed by atoms with Crippen molar-refractivity contribution in [3.05, 3.63) is 12.0 Å². The van der Waals surface area contributed by atoms with Crippen molar-refractivity contribution in [2.24, 2.45) is 0 Å². The Kier molecular flexibility index (Phi) is 3.61. The van der Waals surface area contributed by atoms with Crippen LogP contribution in [0.25, 0.3) is 0 Å². The van der Waals surface area contributed by atoms with Gasteiger partial charge in [0.15, 0.2) is 5.03 Å². The first-order valence-electron chi connectivity index (χ1n) is 4.27. The van der Waals surface area contributed by atoms with Crippen LogP contribution in [0.1, 0.15) is 5.82 Å². The normalized spacial score (nSPS) is 13.0. The van der Waals surface area contributed by atoms with E-state index in [-0.39, 0.29) is 5.03 Å². The molecule has 0 atom stereocenters. The minimum atomic E-state index is -4.04. The molecule has 0 aliphatic carbocycles. The predicted molar refractivity (Wildman–Crippen MR) is 50.5 cm³/mol. The van der Waals surface area contributed by atoms with Crippen LogP contribution >= 0.6 is 0 Å². The van der Waals surface area contributed by atoms with E-state index in [0.29, 0.717) is 5.82 Å².